The first-order valence-corrected chi connectivity index (χ1v) is 7.32. The van der Waals surface area contributed by atoms with Gasteiger partial charge in [0.05, 0.1) is 10.6 Å². The van der Waals surface area contributed by atoms with E-state index in [4.69, 9.17) is 0 Å². The summed E-state index contributed by atoms with van der Waals surface area (Å²) >= 11 is 2.52. The molecule has 19 heavy (non-hydrogen) atoms. The van der Waals surface area contributed by atoms with Crippen molar-refractivity contribution in [2.24, 2.45) is 0 Å². The minimum atomic E-state index is -0.255. The number of thioether (sulfide) groups is 1. The number of imide groups is 1. The van der Waals surface area contributed by atoms with Crippen molar-refractivity contribution in [3.8, 4) is 0 Å². The van der Waals surface area contributed by atoms with E-state index in [0.717, 1.165) is 16.6 Å². The molecule has 5 heteroatoms. The summed E-state index contributed by atoms with van der Waals surface area (Å²) in [6, 6.07) is 12.8. The fourth-order valence-corrected chi connectivity index (χ4v) is 3.33. The molecule has 0 atom stereocenters. The van der Waals surface area contributed by atoms with Crippen LogP contribution in [0.25, 0.3) is 6.08 Å². The van der Waals surface area contributed by atoms with Crippen LogP contribution in [-0.2, 0) is 4.79 Å². The number of benzene rings is 1. The maximum Gasteiger partial charge on any atom is 0.298 e. The highest BCUT2D eigenvalue weighted by Gasteiger charge is 2.36. The minimum Gasteiger partial charge on any atom is -0.268 e. The molecule has 0 aliphatic carbocycles. The van der Waals surface area contributed by atoms with E-state index in [2.05, 4.69) is 0 Å². The average Bonchev–Trinajstić information content (AvgIpc) is 3.01. The summed E-state index contributed by atoms with van der Waals surface area (Å²) in [5.74, 6) is -0.255. The maximum atomic E-state index is 12.3. The van der Waals surface area contributed by atoms with E-state index in [-0.39, 0.29) is 11.1 Å². The van der Waals surface area contributed by atoms with Crippen LogP contribution in [0.4, 0.5) is 10.5 Å². The van der Waals surface area contributed by atoms with Gasteiger partial charge in [-0.1, -0.05) is 24.3 Å². The first-order chi connectivity index (χ1) is 9.25. The van der Waals surface area contributed by atoms with Gasteiger partial charge in [0, 0.05) is 4.88 Å². The molecule has 94 valence electrons. The molecule has 3 nitrogen and oxygen atoms in total. The molecule has 1 aliphatic rings. The largest absolute Gasteiger partial charge is 0.298 e. The zero-order chi connectivity index (χ0) is 13.2. The Balaban J connectivity index is 1.94. The van der Waals surface area contributed by atoms with Crippen molar-refractivity contribution in [2.75, 3.05) is 4.90 Å². The summed E-state index contributed by atoms with van der Waals surface area (Å²) in [6.07, 6.45) is 1.76. The molecule has 0 unspecified atom stereocenters. The van der Waals surface area contributed by atoms with Crippen molar-refractivity contribution in [2.45, 2.75) is 0 Å². The van der Waals surface area contributed by atoms with Crippen LogP contribution < -0.4 is 4.90 Å². The van der Waals surface area contributed by atoms with E-state index in [1.165, 1.54) is 16.2 Å². The smallest absolute Gasteiger partial charge is 0.268 e. The van der Waals surface area contributed by atoms with E-state index in [9.17, 15) is 9.59 Å². The van der Waals surface area contributed by atoms with Crippen molar-refractivity contribution >= 4 is 46.0 Å². The zero-order valence-electron chi connectivity index (χ0n) is 9.78. The Labute approximate surface area is 118 Å². The van der Waals surface area contributed by atoms with Crippen LogP contribution >= 0.6 is 23.1 Å². The van der Waals surface area contributed by atoms with Crippen molar-refractivity contribution in [3.63, 3.8) is 0 Å². The first-order valence-electron chi connectivity index (χ1n) is 5.62. The molecule has 1 aliphatic heterocycles. The van der Waals surface area contributed by atoms with Gasteiger partial charge >= 0.3 is 0 Å². The molecule has 1 fully saturated rings. The van der Waals surface area contributed by atoms with Crippen LogP contribution in [0.5, 0.6) is 0 Å². The molecule has 2 amide bonds. The summed E-state index contributed by atoms with van der Waals surface area (Å²) in [5.41, 5.74) is 0.611. The molecular weight excluding hydrogens is 278 g/mol. The summed E-state index contributed by atoms with van der Waals surface area (Å²) < 4.78 is 0. The average molecular weight is 287 g/mol. The molecule has 1 aromatic heterocycles. The second kappa shape index (κ2) is 5.03. The lowest BCUT2D eigenvalue weighted by molar-refractivity contribution is -0.113. The van der Waals surface area contributed by atoms with Gasteiger partial charge in [-0.15, -0.1) is 11.3 Å². The molecule has 2 aromatic rings. The Morgan fingerprint density at radius 3 is 2.47 bits per heavy atom. The molecule has 3 rings (SSSR count). The number of thiophene rings is 1. The number of para-hydroxylation sites is 1. The fraction of sp³-hybridized carbons (Fsp3) is 0. The molecule has 0 radical (unpaired) electrons. The highest BCUT2D eigenvalue weighted by Crippen LogP contribution is 2.35. The molecule has 2 heterocycles. The Bertz CT molecular complexity index is 647. The van der Waals surface area contributed by atoms with Crippen molar-refractivity contribution < 1.29 is 9.59 Å². The number of nitrogens with zero attached hydrogens (tertiary/aromatic N) is 1. The molecule has 0 bridgehead atoms. The highest BCUT2D eigenvalue weighted by molar-refractivity contribution is 8.19. The lowest BCUT2D eigenvalue weighted by atomic mass is 10.3. The molecule has 1 saturated heterocycles. The van der Waals surface area contributed by atoms with Crippen LogP contribution in [0.3, 0.4) is 0 Å². The first kappa shape index (κ1) is 12.2. The summed E-state index contributed by atoms with van der Waals surface area (Å²) in [4.78, 5) is 26.9. The predicted molar refractivity (Wildman–Crippen MR) is 79.2 cm³/mol. The van der Waals surface area contributed by atoms with E-state index in [1.807, 2.05) is 35.7 Å². The molecule has 0 N–H and O–H groups in total. The topological polar surface area (TPSA) is 37.4 Å². The van der Waals surface area contributed by atoms with Gasteiger partial charge in [-0.25, -0.2) is 4.90 Å². The quantitative estimate of drug-likeness (QED) is 0.784. The van der Waals surface area contributed by atoms with Gasteiger partial charge < -0.3 is 0 Å². The monoisotopic (exact) mass is 287 g/mol. The van der Waals surface area contributed by atoms with E-state index in [0.29, 0.717) is 10.6 Å². The van der Waals surface area contributed by atoms with Crippen LogP contribution in [0.15, 0.2) is 52.7 Å². The Morgan fingerprint density at radius 1 is 1.00 bits per heavy atom. The number of hydrogen-bond donors (Lipinski definition) is 0. The van der Waals surface area contributed by atoms with Crippen molar-refractivity contribution in [1.82, 2.24) is 0 Å². The van der Waals surface area contributed by atoms with E-state index < -0.39 is 0 Å². The van der Waals surface area contributed by atoms with Crippen LogP contribution in [0.2, 0.25) is 0 Å². The minimum absolute atomic E-state index is 0.251. The van der Waals surface area contributed by atoms with E-state index in [1.54, 1.807) is 18.2 Å². The highest BCUT2D eigenvalue weighted by atomic mass is 32.2. The van der Waals surface area contributed by atoms with Crippen LogP contribution in [-0.4, -0.2) is 11.1 Å². The SMILES string of the molecule is O=C1S/C(=C/c2cccs2)C(=O)N1c1ccccc1. The van der Waals surface area contributed by atoms with Crippen LogP contribution in [0.1, 0.15) is 4.88 Å². The Kier molecular flexibility index (Phi) is 3.23. The van der Waals surface area contributed by atoms with Gasteiger partial charge in [-0.2, -0.15) is 0 Å². The Hall–Kier alpha value is -1.85. The summed E-state index contributed by atoms with van der Waals surface area (Å²) in [6.45, 7) is 0. The number of hydrogen-bond acceptors (Lipinski definition) is 4. The summed E-state index contributed by atoms with van der Waals surface area (Å²) in [7, 11) is 0. The zero-order valence-corrected chi connectivity index (χ0v) is 11.4. The van der Waals surface area contributed by atoms with Crippen molar-refractivity contribution in [3.05, 3.63) is 57.6 Å². The fourth-order valence-electron chi connectivity index (χ4n) is 1.77. The number of anilines is 1. The lowest BCUT2D eigenvalue weighted by Crippen LogP contribution is -2.27. The number of carbonyl (C=O) groups excluding carboxylic acids is 2. The standard InChI is InChI=1S/C14H9NO2S2/c16-13-12(9-11-7-4-8-18-11)19-14(17)15(13)10-5-2-1-3-6-10/h1-9H/b12-9+. The maximum absolute atomic E-state index is 12.3. The second-order valence-corrected chi connectivity index (χ2v) is 5.84. The normalized spacial score (nSPS) is 17.5. The van der Waals surface area contributed by atoms with Gasteiger partial charge in [0.15, 0.2) is 0 Å². The predicted octanol–water partition coefficient (Wildman–Crippen LogP) is 3.99. The molecule has 1 aromatic carbocycles. The number of carbonyl (C=O) groups is 2. The Morgan fingerprint density at radius 2 is 1.79 bits per heavy atom. The molecular formula is C14H9NO2S2. The van der Waals surface area contributed by atoms with Gasteiger partial charge in [0.1, 0.15) is 0 Å². The second-order valence-electron chi connectivity index (χ2n) is 3.87. The molecule has 0 spiro atoms. The van der Waals surface area contributed by atoms with Crippen LogP contribution in [0, 0.1) is 0 Å². The number of amides is 2. The van der Waals surface area contributed by atoms with Gasteiger partial charge in [-0.3, -0.25) is 9.59 Å². The lowest BCUT2D eigenvalue weighted by Gasteiger charge is -2.11. The van der Waals surface area contributed by atoms with E-state index >= 15 is 0 Å². The van der Waals surface area contributed by atoms with Crippen molar-refractivity contribution in [1.29, 1.82) is 0 Å². The van der Waals surface area contributed by atoms with Gasteiger partial charge in [0.2, 0.25) is 0 Å². The number of rotatable bonds is 2. The third-order valence-electron chi connectivity index (χ3n) is 2.62. The molecule has 0 saturated carbocycles. The van der Waals surface area contributed by atoms with Gasteiger partial charge in [-0.05, 0) is 41.4 Å². The third kappa shape index (κ3) is 2.34. The third-order valence-corrected chi connectivity index (χ3v) is 4.31. The summed E-state index contributed by atoms with van der Waals surface area (Å²) in [5, 5.41) is 1.69. The van der Waals surface area contributed by atoms with Gasteiger partial charge in [0.25, 0.3) is 11.1 Å².